The molecule has 1 fully saturated rings. The summed E-state index contributed by atoms with van der Waals surface area (Å²) in [5.41, 5.74) is 2.46. The molecule has 0 radical (unpaired) electrons. The van der Waals surface area contributed by atoms with Crippen LogP contribution in [0.3, 0.4) is 0 Å². The highest BCUT2D eigenvalue weighted by Gasteiger charge is 2.32. The third kappa shape index (κ3) is 4.14. The zero-order valence-electron chi connectivity index (χ0n) is 16.6. The Kier molecular flexibility index (Phi) is 5.93. The molecule has 1 aromatic heterocycles. The first-order valence-corrected chi connectivity index (χ1v) is 11.3. The zero-order valence-corrected chi connectivity index (χ0v) is 17.4. The molecule has 1 aromatic carbocycles. The van der Waals surface area contributed by atoms with Gasteiger partial charge in [0.1, 0.15) is 5.82 Å². The highest BCUT2D eigenvalue weighted by Crippen LogP contribution is 2.29. The minimum Gasteiger partial charge on any atom is -0.313 e. The van der Waals surface area contributed by atoms with Crippen LogP contribution < -0.4 is 10.3 Å². The molecule has 0 spiro atoms. The fraction of sp³-hybridized carbons (Fsp3) is 0.476. The molecule has 0 saturated heterocycles. The van der Waals surface area contributed by atoms with Gasteiger partial charge < -0.3 is 4.57 Å². The van der Waals surface area contributed by atoms with E-state index in [0.717, 1.165) is 18.4 Å². The van der Waals surface area contributed by atoms with E-state index in [4.69, 9.17) is 0 Å². The van der Waals surface area contributed by atoms with Crippen LogP contribution in [0.5, 0.6) is 0 Å². The molecule has 1 aliphatic carbocycles. The van der Waals surface area contributed by atoms with Crippen molar-refractivity contribution in [2.45, 2.75) is 57.6 Å². The van der Waals surface area contributed by atoms with Crippen molar-refractivity contribution in [2.24, 2.45) is 7.05 Å². The largest absolute Gasteiger partial charge is 0.313 e. The van der Waals surface area contributed by atoms with Gasteiger partial charge in [0, 0.05) is 24.7 Å². The fourth-order valence-electron chi connectivity index (χ4n) is 3.48. The molecule has 5 nitrogen and oxygen atoms in total. The Balaban J connectivity index is 2.08. The van der Waals surface area contributed by atoms with Crippen molar-refractivity contribution >= 4 is 15.7 Å². The second-order valence-electron chi connectivity index (χ2n) is 7.62. The SMILES string of the molecule is CCCc1cc(NS(=O)(=O)C2CCC2)c(Cc2ccc(C)cc2F)n(C)c1=O. The number of nitrogens with one attached hydrogen (secondary N) is 1. The first-order valence-electron chi connectivity index (χ1n) is 9.71. The lowest BCUT2D eigenvalue weighted by atomic mass is 10.0. The number of aryl methyl sites for hydroxylation is 2. The van der Waals surface area contributed by atoms with Crippen LogP contribution in [0, 0.1) is 12.7 Å². The number of hydrogen-bond acceptors (Lipinski definition) is 3. The number of aromatic nitrogens is 1. The maximum atomic E-state index is 14.4. The summed E-state index contributed by atoms with van der Waals surface area (Å²) in [7, 11) is -1.91. The van der Waals surface area contributed by atoms with Gasteiger partial charge in [-0.1, -0.05) is 31.9 Å². The van der Waals surface area contributed by atoms with Gasteiger partial charge in [-0.25, -0.2) is 12.8 Å². The van der Waals surface area contributed by atoms with Gasteiger partial charge in [-0.15, -0.1) is 0 Å². The molecule has 1 aliphatic rings. The highest BCUT2D eigenvalue weighted by atomic mass is 32.2. The molecule has 152 valence electrons. The topological polar surface area (TPSA) is 68.2 Å². The van der Waals surface area contributed by atoms with Crippen LogP contribution in [0.15, 0.2) is 29.1 Å². The summed E-state index contributed by atoms with van der Waals surface area (Å²) in [5.74, 6) is -0.363. The average Bonchev–Trinajstić information content (AvgIpc) is 2.55. The molecule has 2 aromatic rings. The molecule has 3 rings (SSSR count). The molecule has 1 heterocycles. The molecule has 28 heavy (non-hydrogen) atoms. The van der Waals surface area contributed by atoms with Gasteiger partial charge >= 0.3 is 0 Å². The molecule has 0 unspecified atom stereocenters. The minimum atomic E-state index is -3.53. The van der Waals surface area contributed by atoms with E-state index in [1.54, 1.807) is 32.2 Å². The van der Waals surface area contributed by atoms with E-state index in [9.17, 15) is 17.6 Å². The van der Waals surface area contributed by atoms with Crippen molar-refractivity contribution < 1.29 is 12.8 Å². The van der Waals surface area contributed by atoms with Crippen LogP contribution in [-0.2, 0) is 29.9 Å². The van der Waals surface area contributed by atoms with Crippen molar-refractivity contribution in [1.82, 2.24) is 4.57 Å². The summed E-state index contributed by atoms with van der Waals surface area (Å²) in [6.45, 7) is 3.77. The number of anilines is 1. The second-order valence-corrected chi connectivity index (χ2v) is 9.58. The number of nitrogens with zero attached hydrogens (tertiary/aromatic N) is 1. The Labute approximate surface area is 165 Å². The van der Waals surface area contributed by atoms with Crippen molar-refractivity contribution in [3.05, 3.63) is 62.8 Å². The quantitative estimate of drug-likeness (QED) is 0.763. The van der Waals surface area contributed by atoms with E-state index >= 15 is 0 Å². The maximum Gasteiger partial charge on any atom is 0.253 e. The monoisotopic (exact) mass is 406 g/mol. The van der Waals surface area contributed by atoms with E-state index in [1.807, 2.05) is 6.92 Å². The lowest BCUT2D eigenvalue weighted by molar-refractivity contribution is 0.479. The third-order valence-electron chi connectivity index (χ3n) is 5.44. The lowest BCUT2D eigenvalue weighted by Gasteiger charge is -2.27. The molecule has 0 aliphatic heterocycles. The number of halogens is 1. The summed E-state index contributed by atoms with van der Waals surface area (Å²) in [5, 5.41) is -0.400. The summed E-state index contributed by atoms with van der Waals surface area (Å²) in [6, 6.07) is 6.56. The summed E-state index contributed by atoms with van der Waals surface area (Å²) >= 11 is 0. The van der Waals surface area contributed by atoms with Crippen LogP contribution in [-0.4, -0.2) is 18.2 Å². The molecule has 0 amide bonds. The van der Waals surface area contributed by atoms with Gasteiger partial charge in [0.25, 0.3) is 5.56 Å². The number of benzene rings is 1. The Hall–Kier alpha value is -2.15. The van der Waals surface area contributed by atoms with Gasteiger partial charge in [-0.2, -0.15) is 0 Å². The minimum absolute atomic E-state index is 0.132. The van der Waals surface area contributed by atoms with Gasteiger partial charge in [0.2, 0.25) is 10.0 Å². The molecule has 7 heteroatoms. The van der Waals surface area contributed by atoms with E-state index in [-0.39, 0.29) is 17.8 Å². The molecule has 0 bridgehead atoms. The van der Waals surface area contributed by atoms with Crippen LogP contribution in [0.4, 0.5) is 10.1 Å². The first kappa shape index (κ1) is 20.6. The van der Waals surface area contributed by atoms with Crippen molar-refractivity contribution in [1.29, 1.82) is 0 Å². The summed E-state index contributed by atoms with van der Waals surface area (Å²) in [4.78, 5) is 12.7. The number of sulfonamides is 1. The first-order chi connectivity index (χ1) is 13.2. The molecule has 0 atom stereocenters. The van der Waals surface area contributed by atoms with E-state index in [2.05, 4.69) is 4.72 Å². The van der Waals surface area contributed by atoms with Gasteiger partial charge in [-0.3, -0.25) is 9.52 Å². The normalized spacial score (nSPS) is 14.7. The second kappa shape index (κ2) is 8.07. The summed E-state index contributed by atoms with van der Waals surface area (Å²) in [6.07, 6.45) is 3.66. The molecule has 1 saturated carbocycles. The smallest absolute Gasteiger partial charge is 0.253 e. The van der Waals surface area contributed by atoms with Crippen LogP contribution in [0.25, 0.3) is 0 Å². The Morgan fingerprint density at radius 3 is 2.50 bits per heavy atom. The Morgan fingerprint density at radius 1 is 1.21 bits per heavy atom. The van der Waals surface area contributed by atoms with Gasteiger partial charge in [-0.05, 0) is 49.4 Å². The zero-order chi connectivity index (χ0) is 20.5. The predicted octanol–water partition coefficient (Wildman–Crippen LogP) is 3.67. The fourth-order valence-corrected chi connectivity index (χ4v) is 5.09. The van der Waals surface area contributed by atoms with Gasteiger partial charge in [0.05, 0.1) is 10.9 Å². The summed E-state index contributed by atoms with van der Waals surface area (Å²) < 4.78 is 43.9. The number of hydrogen-bond donors (Lipinski definition) is 1. The standard InChI is InChI=1S/C21H27FN2O3S/c1-4-6-16-12-19(23-28(26,27)17-7-5-8-17)20(24(3)21(16)25)13-15-10-9-14(2)11-18(15)22/h9-12,17,23H,4-8,13H2,1-3H3. The highest BCUT2D eigenvalue weighted by molar-refractivity contribution is 7.93. The van der Waals surface area contributed by atoms with E-state index in [0.29, 0.717) is 41.8 Å². The Morgan fingerprint density at radius 2 is 1.93 bits per heavy atom. The van der Waals surface area contributed by atoms with Crippen LogP contribution in [0.1, 0.15) is 55.0 Å². The number of rotatable bonds is 7. The Bertz CT molecular complexity index is 1040. The van der Waals surface area contributed by atoms with Crippen molar-refractivity contribution in [3.8, 4) is 0 Å². The van der Waals surface area contributed by atoms with Crippen molar-refractivity contribution in [2.75, 3.05) is 4.72 Å². The van der Waals surface area contributed by atoms with Gasteiger partial charge in [0.15, 0.2) is 0 Å². The average molecular weight is 407 g/mol. The lowest BCUT2D eigenvalue weighted by Crippen LogP contribution is -2.35. The molecule has 1 N–H and O–H groups in total. The van der Waals surface area contributed by atoms with E-state index in [1.165, 1.54) is 10.6 Å². The molecular formula is C21H27FN2O3S. The third-order valence-corrected chi connectivity index (χ3v) is 7.30. The number of pyridine rings is 1. The van der Waals surface area contributed by atoms with Crippen molar-refractivity contribution in [3.63, 3.8) is 0 Å². The predicted molar refractivity (Wildman–Crippen MR) is 110 cm³/mol. The molecular weight excluding hydrogens is 379 g/mol. The maximum absolute atomic E-state index is 14.4. The van der Waals surface area contributed by atoms with Crippen LogP contribution in [0.2, 0.25) is 0 Å². The van der Waals surface area contributed by atoms with E-state index < -0.39 is 15.3 Å². The van der Waals surface area contributed by atoms with Crippen LogP contribution >= 0.6 is 0 Å².